The van der Waals surface area contributed by atoms with Gasteiger partial charge in [0.25, 0.3) is 0 Å². The Hall–Kier alpha value is -6.28. The maximum absolute atomic E-state index is 13.4. The van der Waals surface area contributed by atoms with Gasteiger partial charge in [-0.1, -0.05) is 86.0 Å². The minimum absolute atomic E-state index is 0.204. The third kappa shape index (κ3) is 5.17. The highest BCUT2D eigenvalue weighted by Crippen LogP contribution is 2.44. The number of imidazole rings is 1. The predicted molar refractivity (Wildman–Crippen MR) is 197 cm³/mol. The molecule has 0 unspecified atom stereocenters. The fraction of sp³-hybridized carbons (Fsp3) is 0.143. The van der Waals surface area contributed by atoms with E-state index in [1.165, 1.54) is 6.42 Å². The van der Waals surface area contributed by atoms with Crippen LogP contribution in [-0.4, -0.2) is 40.6 Å². The topological polar surface area (TPSA) is 107 Å². The van der Waals surface area contributed by atoms with E-state index in [9.17, 15) is 9.90 Å². The van der Waals surface area contributed by atoms with E-state index >= 15 is 0 Å². The Morgan fingerprint density at radius 1 is 0.640 bits per heavy atom. The van der Waals surface area contributed by atoms with Crippen molar-refractivity contribution in [3.63, 3.8) is 0 Å². The lowest BCUT2D eigenvalue weighted by molar-refractivity contribution is 0.0698. The number of aromatic carboxylic acids is 1. The molecule has 1 N–H and O–H groups in total. The van der Waals surface area contributed by atoms with Gasteiger partial charge >= 0.3 is 5.97 Å². The number of carboxylic acids is 1. The van der Waals surface area contributed by atoms with Crippen LogP contribution in [0.3, 0.4) is 0 Å². The van der Waals surface area contributed by atoms with Crippen LogP contribution in [0.5, 0.6) is 0 Å². The largest absolute Gasteiger partial charge is 0.478 e. The molecule has 1 aliphatic carbocycles. The van der Waals surface area contributed by atoms with Crippen LogP contribution in [0.2, 0.25) is 0 Å². The average Bonchev–Trinajstić information content (AvgIpc) is 3.57. The Kier molecular flexibility index (Phi) is 7.34. The second kappa shape index (κ2) is 12.3. The van der Waals surface area contributed by atoms with Crippen LogP contribution in [0, 0.1) is 0 Å². The van der Waals surface area contributed by atoms with Gasteiger partial charge in [0, 0.05) is 35.1 Å². The van der Waals surface area contributed by atoms with E-state index in [1.54, 1.807) is 12.4 Å². The highest BCUT2D eigenvalue weighted by molar-refractivity contribution is 6.12. The highest BCUT2D eigenvalue weighted by Gasteiger charge is 2.29. The molecule has 9 rings (SSSR count). The SMILES string of the molecule is O=C(O)c1c(-c2ccccc2)cc2c(nc(-c3ccc4ncc(-c5ccccc5)nc4c3)n2C2CCCCC2)c1-c1ccc2nccnc2c1. The number of nitrogens with zero attached hydrogens (tertiary/aromatic N) is 6. The van der Waals surface area contributed by atoms with Crippen molar-refractivity contribution in [2.45, 2.75) is 38.1 Å². The first-order chi connectivity index (χ1) is 24.6. The fourth-order valence-electron chi connectivity index (χ4n) is 7.51. The first-order valence-corrected chi connectivity index (χ1v) is 17.0. The summed E-state index contributed by atoms with van der Waals surface area (Å²) in [6.07, 6.45) is 10.6. The van der Waals surface area contributed by atoms with Crippen molar-refractivity contribution in [3.05, 3.63) is 127 Å². The molecule has 50 heavy (non-hydrogen) atoms. The van der Waals surface area contributed by atoms with Crippen LogP contribution in [0.15, 0.2) is 122 Å². The Bertz CT molecular complexity index is 2560. The quantitative estimate of drug-likeness (QED) is 0.191. The van der Waals surface area contributed by atoms with Gasteiger partial charge in [-0.2, -0.15) is 0 Å². The van der Waals surface area contributed by atoms with Gasteiger partial charge in [-0.25, -0.2) is 14.8 Å². The number of rotatable bonds is 6. The lowest BCUT2D eigenvalue weighted by Crippen LogP contribution is -2.14. The number of fused-ring (bicyclic) bond motifs is 3. The van der Waals surface area contributed by atoms with Crippen LogP contribution in [0.1, 0.15) is 48.5 Å². The van der Waals surface area contributed by atoms with Gasteiger partial charge in [0.15, 0.2) is 0 Å². The summed E-state index contributed by atoms with van der Waals surface area (Å²) in [6.45, 7) is 0. The van der Waals surface area contributed by atoms with Crippen molar-refractivity contribution in [1.29, 1.82) is 0 Å². The molecule has 0 aliphatic heterocycles. The van der Waals surface area contributed by atoms with Crippen molar-refractivity contribution in [2.24, 2.45) is 0 Å². The number of benzene rings is 5. The number of aromatic nitrogens is 6. The van der Waals surface area contributed by atoms with E-state index in [2.05, 4.69) is 26.7 Å². The van der Waals surface area contributed by atoms with Crippen molar-refractivity contribution < 1.29 is 9.90 Å². The molecule has 8 heteroatoms. The molecule has 3 aromatic heterocycles. The summed E-state index contributed by atoms with van der Waals surface area (Å²) >= 11 is 0. The molecule has 8 nitrogen and oxygen atoms in total. The summed E-state index contributed by atoms with van der Waals surface area (Å²) in [4.78, 5) is 37.5. The molecule has 0 atom stereocenters. The van der Waals surface area contributed by atoms with Crippen LogP contribution in [-0.2, 0) is 0 Å². The van der Waals surface area contributed by atoms with Crippen molar-refractivity contribution >= 4 is 39.1 Å². The molecular formula is C42H32N6O2. The molecule has 0 radical (unpaired) electrons. The van der Waals surface area contributed by atoms with Gasteiger partial charge in [0.05, 0.1) is 50.6 Å². The first-order valence-electron chi connectivity index (χ1n) is 17.0. The zero-order valence-corrected chi connectivity index (χ0v) is 27.2. The number of hydrogen-bond donors (Lipinski definition) is 1. The Labute approximate surface area is 288 Å². The molecular weight excluding hydrogens is 621 g/mol. The summed E-state index contributed by atoms with van der Waals surface area (Å²) in [5.41, 5.74) is 10.3. The molecule has 1 fully saturated rings. The van der Waals surface area contributed by atoms with E-state index in [0.717, 1.165) is 81.5 Å². The maximum Gasteiger partial charge on any atom is 0.337 e. The third-order valence-corrected chi connectivity index (χ3v) is 9.85. The monoisotopic (exact) mass is 652 g/mol. The van der Waals surface area contributed by atoms with Gasteiger partial charge in [-0.15, -0.1) is 0 Å². The summed E-state index contributed by atoms with van der Waals surface area (Å²) in [5.74, 6) is -0.215. The van der Waals surface area contributed by atoms with Gasteiger partial charge < -0.3 is 9.67 Å². The molecule has 0 saturated heterocycles. The second-order valence-corrected chi connectivity index (χ2v) is 12.9. The predicted octanol–water partition coefficient (Wildman–Crippen LogP) is 9.79. The maximum atomic E-state index is 13.4. The van der Waals surface area contributed by atoms with Gasteiger partial charge in [-0.05, 0) is 65.9 Å². The van der Waals surface area contributed by atoms with Gasteiger partial charge in [-0.3, -0.25) is 15.0 Å². The van der Waals surface area contributed by atoms with Crippen LogP contribution >= 0.6 is 0 Å². The standard InChI is InChI=1S/C42H32N6O2/c49-42(50)39-31(26-10-4-1-5-11-26)24-37-40(38(39)28-16-18-32-34(22-28)44-21-20-43-32)47-41(48(37)30-14-8-3-9-15-30)29-17-19-33-35(23-29)46-36(25-45-33)27-12-6-2-7-13-27/h1-2,4-7,10-13,16-25,30H,3,8-9,14-15H2,(H,49,50). The number of hydrogen-bond acceptors (Lipinski definition) is 6. The molecule has 1 saturated carbocycles. The van der Waals surface area contributed by atoms with Crippen molar-refractivity contribution in [2.75, 3.05) is 0 Å². The van der Waals surface area contributed by atoms with Crippen LogP contribution in [0.25, 0.3) is 78.0 Å². The molecule has 0 bridgehead atoms. The minimum atomic E-state index is -1.01. The van der Waals surface area contributed by atoms with E-state index in [4.69, 9.17) is 15.0 Å². The molecule has 3 heterocycles. The molecule has 8 aromatic rings. The van der Waals surface area contributed by atoms with Gasteiger partial charge in [0.2, 0.25) is 0 Å². The average molecular weight is 653 g/mol. The van der Waals surface area contributed by atoms with Crippen LogP contribution < -0.4 is 0 Å². The van der Waals surface area contributed by atoms with Crippen molar-refractivity contribution in [3.8, 4) is 44.9 Å². The van der Waals surface area contributed by atoms with Crippen molar-refractivity contribution in [1.82, 2.24) is 29.5 Å². The Balaban J connectivity index is 1.36. The molecule has 0 amide bonds. The van der Waals surface area contributed by atoms with Crippen LogP contribution in [0.4, 0.5) is 0 Å². The fourth-order valence-corrected chi connectivity index (χ4v) is 7.51. The van der Waals surface area contributed by atoms with E-state index in [0.29, 0.717) is 22.2 Å². The lowest BCUT2D eigenvalue weighted by atomic mass is 9.89. The first kappa shape index (κ1) is 29.8. The third-order valence-electron chi connectivity index (χ3n) is 9.85. The van der Waals surface area contributed by atoms with Gasteiger partial charge in [0.1, 0.15) is 5.82 Å². The number of carbonyl (C=O) groups is 1. The summed E-state index contributed by atoms with van der Waals surface area (Å²) < 4.78 is 2.37. The minimum Gasteiger partial charge on any atom is -0.478 e. The zero-order valence-electron chi connectivity index (χ0n) is 27.2. The molecule has 1 aliphatic rings. The van der Waals surface area contributed by atoms with E-state index in [-0.39, 0.29) is 11.6 Å². The highest BCUT2D eigenvalue weighted by atomic mass is 16.4. The molecule has 5 aromatic carbocycles. The second-order valence-electron chi connectivity index (χ2n) is 12.9. The summed E-state index contributed by atoms with van der Waals surface area (Å²) in [5, 5.41) is 10.9. The van der Waals surface area contributed by atoms with E-state index < -0.39 is 5.97 Å². The smallest absolute Gasteiger partial charge is 0.337 e. The Morgan fingerprint density at radius 2 is 1.30 bits per heavy atom. The summed E-state index contributed by atoms with van der Waals surface area (Å²) in [6, 6.07) is 34.0. The Morgan fingerprint density at radius 3 is 2.04 bits per heavy atom. The normalized spacial score (nSPS) is 13.7. The zero-order chi connectivity index (χ0) is 33.6. The number of carboxylic acid groups (broad SMARTS) is 1. The molecule has 0 spiro atoms. The van der Waals surface area contributed by atoms with E-state index in [1.807, 2.05) is 97.2 Å². The lowest BCUT2D eigenvalue weighted by Gasteiger charge is -2.26. The summed E-state index contributed by atoms with van der Waals surface area (Å²) in [7, 11) is 0. The molecule has 242 valence electrons.